The summed E-state index contributed by atoms with van der Waals surface area (Å²) in [6.07, 6.45) is 1.12. The summed E-state index contributed by atoms with van der Waals surface area (Å²) in [5.74, 6) is -0.348. The minimum Gasteiger partial charge on any atom is -0.324 e. The largest absolute Gasteiger partial charge is 0.324 e. The Morgan fingerprint density at radius 2 is 2.00 bits per heavy atom. The Balaban J connectivity index is 3.12. The SMILES string of the molecule is Cc1ccc(S(C)(=O)=O)cc1NC(=O)[C@@H](C)N. The molecular weight excluding hydrogens is 240 g/mol. The molecule has 0 fully saturated rings. The van der Waals surface area contributed by atoms with E-state index in [1.807, 2.05) is 0 Å². The molecule has 94 valence electrons. The van der Waals surface area contributed by atoms with Crippen LogP contribution in [-0.2, 0) is 14.6 Å². The summed E-state index contributed by atoms with van der Waals surface area (Å²) in [4.78, 5) is 11.6. The third-order valence-electron chi connectivity index (χ3n) is 2.31. The lowest BCUT2D eigenvalue weighted by molar-refractivity contribution is -0.117. The van der Waals surface area contributed by atoms with E-state index in [4.69, 9.17) is 5.73 Å². The van der Waals surface area contributed by atoms with E-state index < -0.39 is 15.9 Å². The van der Waals surface area contributed by atoms with Gasteiger partial charge in [-0.15, -0.1) is 0 Å². The molecule has 0 spiro atoms. The van der Waals surface area contributed by atoms with Crippen LogP contribution in [0.2, 0.25) is 0 Å². The molecule has 0 bridgehead atoms. The van der Waals surface area contributed by atoms with Gasteiger partial charge in [0.15, 0.2) is 9.84 Å². The van der Waals surface area contributed by atoms with Gasteiger partial charge in [-0.1, -0.05) is 6.07 Å². The van der Waals surface area contributed by atoms with Crippen molar-refractivity contribution in [1.29, 1.82) is 0 Å². The molecule has 0 saturated carbocycles. The molecule has 0 aliphatic carbocycles. The highest BCUT2D eigenvalue weighted by Crippen LogP contribution is 2.20. The van der Waals surface area contributed by atoms with Gasteiger partial charge in [-0.3, -0.25) is 4.79 Å². The van der Waals surface area contributed by atoms with Gasteiger partial charge in [0.2, 0.25) is 5.91 Å². The maximum Gasteiger partial charge on any atom is 0.241 e. The number of nitrogens with two attached hydrogens (primary N) is 1. The van der Waals surface area contributed by atoms with E-state index in [0.29, 0.717) is 5.69 Å². The Bertz CT molecular complexity index is 536. The molecule has 0 aliphatic rings. The maximum absolute atomic E-state index is 11.4. The fourth-order valence-electron chi connectivity index (χ4n) is 1.21. The van der Waals surface area contributed by atoms with Crippen molar-refractivity contribution in [3.05, 3.63) is 23.8 Å². The van der Waals surface area contributed by atoms with E-state index in [-0.39, 0.29) is 10.8 Å². The van der Waals surface area contributed by atoms with E-state index in [2.05, 4.69) is 5.32 Å². The van der Waals surface area contributed by atoms with Gasteiger partial charge in [-0.25, -0.2) is 8.42 Å². The summed E-state index contributed by atoms with van der Waals surface area (Å²) >= 11 is 0. The zero-order valence-electron chi connectivity index (χ0n) is 10.0. The smallest absolute Gasteiger partial charge is 0.241 e. The summed E-state index contributed by atoms with van der Waals surface area (Å²) in [5, 5.41) is 2.59. The van der Waals surface area contributed by atoms with E-state index in [9.17, 15) is 13.2 Å². The van der Waals surface area contributed by atoms with Crippen LogP contribution in [0, 0.1) is 6.92 Å². The third kappa shape index (κ3) is 3.54. The van der Waals surface area contributed by atoms with Gasteiger partial charge in [0.1, 0.15) is 0 Å². The lowest BCUT2D eigenvalue weighted by atomic mass is 10.2. The molecule has 0 saturated heterocycles. The molecule has 0 unspecified atom stereocenters. The van der Waals surface area contributed by atoms with Crippen molar-refractivity contribution < 1.29 is 13.2 Å². The predicted octanol–water partition coefficient (Wildman–Crippen LogP) is 0.684. The number of nitrogens with one attached hydrogen (secondary N) is 1. The van der Waals surface area contributed by atoms with Gasteiger partial charge in [0.25, 0.3) is 0 Å². The zero-order valence-corrected chi connectivity index (χ0v) is 10.8. The molecule has 17 heavy (non-hydrogen) atoms. The Kier molecular flexibility index (Phi) is 3.90. The van der Waals surface area contributed by atoms with Crippen molar-refractivity contribution in [3.8, 4) is 0 Å². The normalized spacial score (nSPS) is 13.2. The molecule has 0 aromatic heterocycles. The number of hydrogen-bond acceptors (Lipinski definition) is 4. The predicted molar refractivity (Wildman–Crippen MR) is 66.6 cm³/mol. The standard InChI is InChI=1S/C11H16N2O3S/c1-7-4-5-9(17(3,15)16)6-10(7)13-11(14)8(2)12/h4-6,8H,12H2,1-3H3,(H,13,14)/t8-/m1/s1. The maximum atomic E-state index is 11.4. The van der Waals surface area contributed by atoms with Gasteiger partial charge in [0, 0.05) is 11.9 Å². The molecule has 6 heteroatoms. The number of carbonyl (C=O) groups excluding carboxylic acids is 1. The van der Waals surface area contributed by atoms with Crippen LogP contribution in [-0.4, -0.2) is 26.6 Å². The quantitative estimate of drug-likeness (QED) is 0.832. The molecule has 1 aromatic rings. The van der Waals surface area contributed by atoms with Crippen molar-refractivity contribution in [2.24, 2.45) is 5.73 Å². The van der Waals surface area contributed by atoms with Gasteiger partial charge in [0.05, 0.1) is 10.9 Å². The summed E-state index contributed by atoms with van der Waals surface area (Å²) in [6, 6.07) is 3.95. The average Bonchev–Trinajstić information content (AvgIpc) is 2.19. The van der Waals surface area contributed by atoms with Crippen LogP contribution in [0.15, 0.2) is 23.1 Å². The number of amides is 1. The molecule has 1 rings (SSSR count). The van der Waals surface area contributed by atoms with Gasteiger partial charge in [-0.2, -0.15) is 0 Å². The summed E-state index contributed by atoms with van der Waals surface area (Å²) < 4.78 is 22.8. The van der Waals surface area contributed by atoms with E-state index in [1.54, 1.807) is 19.9 Å². The second-order valence-electron chi connectivity index (χ2n) is 4.03. The van der Waals surface area contributed by atoms with Crippen LogP contribution in [0.25, 0.3) is 0 Å². The molecule has 0 aliphatic heterocycles. The molecule has 0 radical (unpaired) electrons. The first-order valence-corrected chi connectivity index (χ1v) is 6.98. The van der Waals surface area contributed by atoms with Crippen molar-refractivity contribution in [3.63, 3.8) is 0 Å². The molecule has 1 atom stereocenters. The number of benzene rings is 1. The van der Waals surface area contributed by atoms with Crippen molar-refractivity contribution >= 4 is 21.4 Å². The van der Waals surface area contributed by atoms with Gasteiger partial charge in [-0.05, 0) is 31.5 Å². The number of anilines is 1. The Labute approximate surface area is 101 Å². The Morgan fingerprint density at radius 3 is 2.47 bits per heavy atom. The highest BCUT2D eigenvalue weighted by atomic mass is 32.2. The number of sulfone groups is 1. The third-order valence-corrected chi connectivity index (χ3v) is 3.42. The average molecular weight is 256 g/mol. The second kappa shape index (κ2) is 4.85. The first-order valence-electron chi connectivity index (χ1n) is 5.09. The Hall–Kier alpha value is -1.40. The molecule has 0 heterocycles. The van der Waals surface area contributed by atoms with Gasteiger partial charge < -0.3 is 11.1 Å². The van der Waals surface area contributed by atoms with E-state index in [1.165, 1.54) is 12.1 Å². The number of carbonyl (C=O) groups is 1. The minimum atomic E-state index is -3.28. The first-order chi connectivity index (χ1) is 7.71. The van der Waals surface area contributed by atoms with Gasteiger partial charge >= 0.3 is 0 Å². The lowest BCUT2D eigenvalue weighted by Gasteiger charge is -2.11. The summed E-state index contributed by atoms with van der Waals surface area (Å²) in [6.45, 7) is 3.34. The second-order valence-corrected chi connectivity index (χ2v) is 6.04. The highest BCUT2D eigenvalue weighted by molar-refractivity contribution is 7.90. The molecular formula is C11H16N2O3S. The van der Waals surface area contributed by atoms with E-state index >= 15 is 0 Å². The topological polar surface area (TPSA) is 89.3 Å². The number of hydrogen-bond donors (Lipinski definition) is 2. The summed E-state index contributed by atoms with van der Waals surface area (Å²) in [5.41, 5.74) is 6.68. The van der Waals surface area contributed by atoms with Crippen LogP contribution in [0.1, 0.15) is 12.5 Å². The van der Waals surface area contributed by atoms with Crippen LogP contribution in [0.4, 0.5) is 5.69 Å². The van der Waals surface area contributed by atoms with Crippen LogP contribution < -0.4 is 11.1 Å². The minimum absolute atomic E-state index is 0.170. The lowest BCUT2D eigenvalue weighted by Crippen LogP contribution is -2.32. The number of aryl methyl sites for hydroxylation is 1. The first kappa shape index (κ1) is 13.7. The monoisotopic (exact) mass is 256 g/mol. The molecule has 1 amide bonds. The number of rotatable bonds is 3. The van der Waals surface area contributed by atoms with Crippen molar-refractivity contribution in [1.82, 2.24) is 0 Å². The van der Waals surface area contributed by atoms with Crippen LogP contribution >= 0.6 is 0 Å². The van der Waals surface area contributed by atoms with Crippen molar-refractivity contribution in [2.45, 2.75) is 24.8 Å². The Morgan fingerprint density at radius 1 is 1.41 bits per heavy atom. The summed E-state index contributed by atoms with van der Waals surface area (Å²) in [7, 11) is -3.28. The van der Waals surface area contributed by atoms with E-state index in [0.717, 1.165) is 11.8 Å². The fraction of sp³-hybridized carbons (Fsp3) is 0.364. The highest BCUT2D eigenvalue weighted by Gasteiger charge is 2.12. The van der Waals surface area contributed by atoms with Crippen LogP contribution in [0.3, 0.4) is 0 Å². The molecule has 3 N–H and O–H groups in total. The van der Waals surface area contributed by atoms with Crippen LogP contribution in [0.5, 0.6) is 0 Å². The van der Waals surface area contributed by atoms with Crippen molar-refractivity contribution in [2.75, 3.05) is 11.6 Å². The zero-order chi connectivity index (χ0) is 13.2. The molecule has 5 nitrogen and oxygen atoms in total. The fourth-order valence-corrected chi connectivity index (χ4v) is 1.86. The molecule has 1 aromatic carbocycles.